The molecule has 0 spiro atoms. The molecule has 2 aliphatic heterocycles. The molecule has 7 heteroatoms. The lowest BCUT2D eigenvalue weighted by Gasteiger charge is -2.28. The molecule has 2 aromatic rings. The van der Waals surface area contributed by atoms with Crippen LogP contribution in [0.3, 0.4) is 0 Å². The number of pyridine rings is 1. The lowest BCUT2D eigenvalue weighted by molar-refractivity contribution is 0.122. The molecule has 3 heterocycles. The molecule has 0 amide bonds. The normalized spacial score (nSPS) is 18.4. The Kier molecular flexibility index (Phi) is 4.23. The van der Waals surface area contributed by atoms with E-state index in [0.29, 0.717) is 31.2 Å². The van der Waals surface area contributed by atoms with E-state index in [4.69, 9.17) is 4.74 Å². The standard InChI is InChI=1S/C18H21N3O3S/c1-14-2-4-17(5-3-14)25(22,23)21-12-15-10-18(19-11-16(15)13-21)20-6-8-24-9-7-20/h2-5,10-11H,6-9,12-13H2,1H3. The summed E-state index contributed by atoms with van der Waals surface area (Å²) in [5.41, 5.74) is 3.06. The number of hydrogen-bond donors (Lipinski definition) is 0. The fraction of sp³-hybridized carbons (Fsp3) is 0.389. The highest BCUT2D eigenvalue weighted by Crippen LogP contribution is 2.30. The number of aryl methyl sites for hydroxylation is 1. The summed E-state index contributed by atoms with van der Waals surface area (Å²) in [5.74, 6) is 0.900. The first kappa shape index (κ1) is 16.5. The van der Waals surface area contributed by atoms with Gasteiger partial charge in [0.1, 0.15) is 5.82 Å². The van der Waals surface area contributed by atoms with E-state index in [2.05, 4.69) is 9.88 Å². The van der Waals surface area contributed by atoms with Crippen molar-refractivity contribution >= 4 is 15.8 Å². The van der Waals surface area contributed by atoms with Crippen LogP contribution in [-0.2, 0) is 27.8 Å². The molecule has 0 N–H and O–H groups in total. The molecule has 1 saturated heterocycles. The van der Waals surface area contributed by atoms with Gasteiger partial charge < -0.3 is 9.64 Å². The van der Waals surface area contributed by atoms with Crippen LogP contribution in [-0.4, -0.2) is 44.0 Å². The molecule has 132 valence electrons. The van der Waals surface area contributed by atoms with Crippen LogP contribution in [0.4, 0.5) is 5.82 Å². The Morgan fingerprint density at radius 1 is 1.04 bits per heavy atom. The topological polar surface area (TPSA) is 62.7 Å². The molecule has 1 aromatic heterocycles. The number of fused-ring (bicyclic) bond motifs is 1. The predicted molar refractivity (Wildman–Crippen MR) is 94.9 cm³/mol. The van der Waals surface area contributed by atoms with Crippen LogP contribution in [0.15, 0.2) is 41.4 Å². The van der Waals surface area contributed by atoms with Gasteiger partial charge in [-0.2, -0.15) is 4.31 Å². The van der Waals surface area contributed by atoms with Crippen LogP contribution >= 0.6 is 0 Å². The van der Waals surface area contributed by atoms with Crippen LogP contribution in [0, 0.1) is 6.92 Å². The lowest BCUT2D eigenvalue weighted by Crippen LogP contribution is -2.36. The summed E-state index contributed by atoms with van der Waals surface area (Å²) in [6.45, 7) is 5.75. The van der Waals surface area contributed by atoms with Gasteiger partial charge in [-0.05, 0) is 36.2 Å². The molecule has 25 heavy (non-hydrogen) atoms. The number of nitrogens with zero attached hydrogens (tertiary/aromatic N) is 3. The maximum Gasteiger partial charge on any atom is 0.243 e. The Morgan fingerprint density at radius 2 is 1.72 bits per heavy atom. The van der Waals surface area contributed by atoms with E-state index < -0.39 is 10.0 Å². The highest BCUT2D eigenvalue weighted by atomic mass is 32.2. The summed E-state index contributed by atoms with van der Waals surface area (Å²) in [5, 5.41) is 0. The molecule has 2 aliphatic rings. The molecule has 0 atom stereocenters. The van der Waals surface area contributed by atoms with Gasteiger partial charge in [0.05, 0.1) is 18.1 Å². The molecule has 0 radical (unpaired) electrons. The van der Waals surface area contributed by atoms with Gasteiger partial charge in [-0.25, -0.2) is 13.4 Å². The van der Waals surface area contributed by atoms with Crippen molar-refractivity contribution in [3.05, 3.63) is 53.2 Å². The number of benzene rings is 1. The number of sulfonamides is 1. The second kappa shape index (κ2) is 6.40. The Balaban J connectivity index is 1.57. The highest BCUT2D eigenvalue weighted by Gasteiger charge is 2.31. The zero-order valence-electron chi connectivity index (χ0n) is 14.2. The van der Waals surface area contributed by atoms with Crippen LogP contribution in [0.25, 0.3) is 0 Å². The summed E-state index contributed by atoms with van der Waals surface area (Å²) in [7, 11) is -3.49. The lowest BCUT2D eigenvalue weighted by atomic mass is 10.2. The average molecular weight is 359 g/mol. The van der Waals surface area contributed by atoms with Crippen LogP contribution in [0.2, 0.25) is 0 Å². The highest BCUT2D eigenvalue weighted by molar-refractivity contribution is 7.89. The van der Waals surface area contributed by atoms with E-state index in [1.807, 2.05) is 31.3 Å². The number of anilines is 1. The van der Waals surface area contributed by atoms with Crippen molar-refractivity contribution in [3.63, 3.8) is 0 Å². The minimum Gasteiger partial charge on any atom is -0.378 e. The monoisotopic (exact) mass is 359 g/mol. The number of rotatable bonds is 3. The van der Waals surface area contributed by atoms with Crippen LogP contribution in [0.5, 0.6) is 0 Å². The molecule has 0 aliphatic carbocycles. The first-order valence-electron chi connectivity index (χ1n) is 8.41. The van der Waals surface area contributed by atoms with Gasteiger partial charge in [0.25, 0.3) is 0 Å². The second-order valence-corrected chi connectivity index (χ2v) is 8.43. The third-order valence-corrected chi connectivity index (χ3v) is 6.56. The first-order valence-corrected chi connectivity index (χ1v) is 9.85. The number of morpholine rings is 1. The number of aromatic nitrogens is 1. The summed E-state index contributed by atoms with van der Waals surface area (Å²) < 4.78 is 32.7. The molecule has 4 rings (SSSR count). The van der Waals surface area contributed by atoms with E-state index >= 15 is 0 Å². The first-order chi connectivity index (χ1) is 12.0. The SMILES string of the molecule is Cc1ccc(S(=O)(=O)N2Cc3cnc(N4CCOCC4)cc3C2)cc1. The molecular weight excluding hydrogens is 338 g/mol. The molecule has 0 bridgehead atoms. The minimum absolute atomic E-state index is 0.340. The van der Waals surface area contributed by atoms with Crippen molar-refractivity contribution in [2.75, 3.05) is 31.2 Å². The molecular formula is C18H21N3O3S. The maximum atomic E-state index is 12.9. The molecule has 0 saturated carbocycles. The number of ether oxygens (including phenoxy) is 1. The van der Waals surface area contributed by atoms with E-state index in [9.17, 15) is 8.42 Å². The van der Waals surface area contributed by atoms with Gasteiger partial charge in [0.2, 0.25) is 10.0 Å². The van der Waals surface area contributed by atoms with E-state index in [1.54, 1.807) is 12.1 Å². The molecule has 6 nitrogen and oxygen atoms in total. The van der Waals surface area contributed by atoms with Crippen LogP contribution in [0.1, 0.15) is 16.7 Å². The second-order valence-electron chi connectivity index (χ2n) is 6.50. The van der Waals surface area contributed by atoms with Gasteiger partial charge in [0.15, 0.2) is 0 Å². The summed E-state index contributed by atoms with van der Waals surface area (Å²) in [6.07, 6.45) is 1.81. The molecule has 1 aromatic carbocycles. The average Bonchev–Trinajstić information content (AvgIpc) is 3.07. The maximum absolute atomic E-state index is 12.9. The van der Waals surface area contributed by atoms with E-state index in [-0.39, 0.29) is 0 Å². The molecule has 1 fully saturated rings. The summed E-state index contributed by atoms with van der Waals surface area (Å²) in [4.78, 5) is 7.05. The zero-order chi connectivity index (χ0) is 17.4. The third kappa shape index (κ3) is 3.15. The van der Waals surface area contributed by atoms with Gasteiger partial charge in [-0.1, -0.05) is 17.7 Å². The smallest absolute Gasteiger partial charge is 0.243 e. The molecule has 0 unspecified atom stereocenters. The fourth-order valence-electron chi connectivity index (χ4n) is 3.23. The van der Waals surface area contributed by atoms with Crippen molar-refractivity contribution in [1.29, 1.82) is 0 Å². The summed E-state index contributed by atoms with van der Waals surface area (Å²) in [6, 6.07) is 9.02. The van der Waals surface area contributed by atoms with Crippen molar-refractivity contribution < 1.29 is 13.2 Å². The Bertz CT molecular complexity index is 875. The predicted octanol–water partition coefficient (Wildman–Crippen LogP) is 1.93. The minimum atomic E-state index is -3.49. The Hall–Kier alpha value is -1.96. The van der Waals surface area contributed by atoms with Gasteiger partial charge >= 0.3 is 0 Å². The van der Waals surface area contributed by atoms with Crippen molar-refractivity contribution in [3.8, 4) is 0 Å². The third-order valence-electron chi connectivity index (χ3n) is 4.76. The quantitative estimate of drug-likeness (QED) is 0.838. The van der Waals surface area contributed by atoms with Gasteiger partial charge in [-0.15, -0.1) is 0 Å². The summed E-state index contributed by atoms with van der Waals surface area (Å²) >= 11 is 0. The van der Waals surface area contributed by atoms with E-state index in [0.717, 1.165) is 35.6 Å². The van der Waals surface area contributed by atoms with E-state index in [1.165, 1.54) is 4.31 Å². The van der Waals surface area contributed by atoms with Crippen molar-refractivity contribution in [1.82, 2.24) is 9.29 Å². The van der Waals surface area contributed by atoms with Crippen LogP contribution < -0.4 is 4.90 Å². The fourth-order valence-corrected chi connectivity index (χ4v) is 4.63. The van der Waals surface area contributed by atoms with Gasteiger partial charge in [0, 0.05) is 32.4 Å². The Labute approximate surface area is 148 Å². The zero-order valence-corrected chi connectivity index (χ0v) is 15.0. The number of hydrogen-bond acceptors (Lipinski definition) is 5. The van der Waals surface area contributed by atoms with Crippen molar-refractivity contribution in [2.45, 2.75) is 24.9 Å². The Morgan fingerprint density at radius 3 is 2.44 bits per heavy atom. The van der Waals surface area contributed by atoms with Gasteiger partial charge in [-0.3, -0.25) is 0 Å². The largest absolute Gasteiger partial charge is 0.378 e. The van der Waals surface area contributed by atoms with Crippen molar-refractivity contribution in [2.24, 2.45) is 0 Å².